The van der Waals surface area contributed by atoms with Crippen molar-refractivity contribution in [1.29, 1.82) is 0 Å². The van der Waals surface area contributed by atoms with E-state index in [2.05, 4.69) is 24.8 Å². The van der Waals surface area contributed by atoms with E-state index in [0.29, 0.717) is 6.61 Å². The standard InChI is InChI=1S/C22H29NO4/c1-5-23(6-2)21-13-8-7-11-19(21)16-27-22(24)17(3)26-15-18-10-9-12-20(14-18)25-4/h7-14,17H,5-6,15-16H2,1-4H3. The van der Waals surface area contributed by atoms with Crippen molar-refractivity contribution in [2.24, 2.45) is 0 Å². The van der Waals surface area contributed by atoms with Crippen LogP contribution in [0.4, 0.5) is 5.69 Å². The quantitative estimate of drug-likeness (QED) is 0.586. The summed E-state index contributed by atoms with van der Waals surface area (Å²) in [5, 5.41) is 0. The molecule has 0 saturated heterocycles. The van der Waals surface area contributed by atoms with Crippen molar-refractivity contribution in [3.05, 3.63) is 59.7 Å². The van der Waals surface area contributed by atoms with Crippen LogP contribution in [0, 0.1) is 0 Å². The summed E-state index contributed by atoms with van der Waals surface area (Å²) >= 11 is 0. The summed E-state index contributed by atoms with van der Waals surface area (Å²) in [5.41, 5.74) is 3.04. The molecule has 0 bridgehead atoms. The number of benzene rings is 2. The molecule has 0 aromatic heterocycles. The Morgan fingerprint density at radius 2 is 1.78 bits per heavy atom. The monoisotopic (exact) mass is 371 g/mol. The van der Waals surface area contributed by atoms with E-state index in [4.69, 9.17) is 14.2 Å². The molecule has 0 fully saturated rings. The van der Waals surface area contributed by atoms with Gasteiger partial charge in [-0.25, -0.2) is 4.79 Å². The van der Waals surface area contributed by atoms with Crippen LogP contribution in [0.5, 0.6) is 5.75 Å². The molecule has 0 aliphatic rings. The molecule has 0 saturated carbocycles. The summed E-state index contributed by atoms with van der Waals surface area (Å²) in [6.07, 6.45) is -0.642. The van der Waals surface area contributed by atoms with Crippen LogP contribution in [0.25, 0.3) is 0 Å². The molecule has 0 N–H and O–H groups in total. The molecule has 0 spiro atoms. The number of nitrogens with zero attached hydrogens (tertiary/aromatic N) is 1. The Morgan fingerprint density at radius 3 is 2.48 bits per heavy atom. The largest absolute Gasteiger partial charge is 0.497 e. The number of methoxy groups -OCH3 is 1. The molecule has 5 nitrogen and oxygen atoms in total. The van der Waals surface area contributed by atoms with E-state index in [0.717, 1.165) is 35.7 Å². The molecule has 27 heavy (non-hydrogen) atoms. The predicted octanol–water partition coefficient (Wildman–Crippen LogP) is 4.19. The summed E-state index contributed by atoms with van der Waals surface area (Å²) in [6.45, 7) is 8.30. The van der Waals surface area contributed by atoms with Gasteiger partial charge in [-0.3, -0.25) is 0 Å². The highest BCUT2D eigenvalue weighted by Crippen LogP contribution is 2.21. The molecule has 2 rings (SSSR count). The average Bonchev–Trinajstić information content (AvgIpc) is 2.72. The van der Waals surface area contributed by atoms with Crippen molar-refractivity contribution in [2.45, 2.75) is 40.1 Å². The SMILES string of the molecule is CCN(CC)c1ccccc1COC(=O)C(C)OCc1cccc(OC)c1. The van der Waals surface area contributed by atoms with Crippen molar-refractivity contribution < 1.29 is 19.0 Å². The van der Waals surface area contributed by atoms with Crippen molar-refractivity contribution in [3.8, 4) is 5.75 Å². The van der Waals surface area contributed by atoms with Gasteiger partial charge in [0.2, 0.25) is 0 Å². The fourth-order valence-corrected chi connectivity index (χ4v) is 2.82. The minimum Gasteiger partial charge on any atom is -0.497 e. The number of rotatable bonds is 10. The van der Waals surface area contributed by atoms with Crippen LogP contribution in [0.15, 0.2) is 48.5 Å². The Kier molecular flexibility index (Phi) is 8.14. The highest BCUT2D eigenvalue weighted by molar-refractivity contribution is 5.74. The fourth-order valence-electron chi connectivity index (χ4n) is 2.82. The first-order chi connectivity index (χ1) is 13.1. The second-order valence-electron chi connectivity index (χ2n) is 6.21. The third kappa shape index (κ3) is 6.00. The lowest BCUT2D eigenvalue weighted by molar-refractivity contribution is -0.158. The molecule has 0 heterocycles. The maximum absolute atomic E-state index is 12.3. The minimum atomic E-state index is -0.642. The first-order valence-corrected chi connectivity index (χ1v) is 9.33. The second kappa shape index (κ2) is 10.6. The number of carbonyl (C=O) groups is 1. The molecular formula is C22H29NO4. The Balaban J connectivity index is 1.90. The van der Waals surface area contributed by atoms with Crippen molar-refractivity contribution in [1.82, 2.24) is 0 Å². The van der Waals surface area contributed by atoms with E-state index in [9.17, 15) is 4.79 Å². The Hall–Kier alpha value is -2.53. The lowest BCUT2D eigenvalue weighted by Gasteiger charge is -2.24. The summed E-state index contributed by atoms with van der Waals surface area (Å²) in [4.78, 5) is 14.5. The van der Waals surface area contributed by atoms with Gasteiger partial charge in [0.05, 0.1) is 13.7 Å². The normalized spacial score (nSPS) is 11.7. The molecular weight excluding hydrogens is 342 g/mol. The van der Waals surface area contributed by atoms with Crippen LogP contribution in [0.2, 0.25) is 0 Å². The van der Waals surface area contributed by atoms with E-state index >= 15 is 0 Å². The number of para-hydroxylation sites is 1. The number of anilines is 1. The highest BCUT2D eigenvalue weighted by Gasteiger charge is 2.17. The topological polar surface area (TPSA) is 48.0 Å². The molecule has 5 heteroatoms. The van der Waals surface area contributed by atoms with Gasteiger partial charge >= 0.3 is 5.97 Å². The molecule has 2 aromatic carbocycles. The van der Waals surface area contributed by atoms with E-state index < -0.39 is 6.10 Å². The maximum Gasteiger partial charge on any atom is 0.335 e. The lowest BCUT2D eigenvalue weighted by Crippen LogP contribution is -2.25. The molecule has 1 atom stereocenters. The number of hydrogen-bond acceptors (Lipinski definition) is 5. The van der Waals surface area contributed by atoms with Gasteiger partial charge < -0.3 is 19.1 Å². The number of carbonyl (C=O) groups excluding carboxylic acids is 1. The minimum absolute atomic E-state index is 0.234. The van der Waals surface area contributed by atoms with E-state index in [-0.39, 0.29) is 12.6 Å². The molecule has 1 unspecified atom stereocenters. The van der Waals surface area contributed by atoms with Gasteiger partial charge in [0.25, 0.3) is 0 Å². The number of hydrogen-bond donors (Lipinski definition) is 0. The maximum atomic E-state index is 12.3. The molecule has 0 aliphatic carbocycles. The zero-order valence-corrected chi connectivity index (χ0v) is 16.6. The predicted molar refractivity (Wildman–Crippen MR) is 107 cm³/mol. The molecule has 146 valence electrons. The van der Waals surface area contributed by atoms with E-state index in [1.165, 1.54) is 0 Å². The average molecular weight is 371 g/mol. The first kappa shape index (κ1) is 20.8. The third-order valence-corrected chi connectivity index (χ3v) is 4.43. The number of ether oxygens (including phenoxy) is 3. The smallest absolute Gasteiger partial charge is 0.335 e. The van der Waals surface area contributed by atoms with Gasteiger partial charge in [0, 0.05) is 24.3 Å². The van der Waals surface area contributed by atoms with Crippen LogP contribution in [0.3, 0.4) is 0 Å². The van der Waals surface area contributed by atoms with Crippen molar-refractivity contribution >= 4 is 11.7 Å². The van der Waals surface area contributed by atoms with Crippen molar-refractivity contribution in [3.63, 3.8) is 0 Å². The highest BCUT2D eigenvalue weighted by atomic mass is 16.6. The molecule has 0 radical (unpaired) electrons. The van der Waals surface area contributed by atoms with Gasteiger partial charge in [0.15, 0.2) is 6.10 Å². The van der Waals surface area contributed by atoms with Gasteiger partial charge in [0.1, 0.15) is 12.4 Å². The van der Waals surface area contributed by atoms with E-state index in [1.807, 2.05) is 42.5 Å². The van der Waals surface area contributed by atoms with Crippen LogP contribution in [-0.4, -0.2) is 32.3 Å². The van der Waals surface area contributed by atoms with Gasteiger partial charge in [-0.1, -0.05) is 30.3 Å². The zero-order chi connectivity index (χ0) is 19.6. The van der Waals surface area contributed by atoms with Crippen LogP contribution >= 0.6 is 0 Å². The summed E-state index contributed by atoms with van der Waals surface area (Å²) in [5.74, 6) is 0.395. The first-order valence-electron chi connectivity index (χ1n) is 9.33. The molecule has 0 aliphatic heterocycles. The second-order valence-corrected chi connectivity index (χ2v) is 6.21. The van der Waals surface area contributed by atoms with Crippen molar-refractivity contribution in [2.75, 3.05) is 25.1 Å². The Labute approximate surface area is 161 Å². The molecule has 0 amide bonds. The summed E-state index contributed by atoms with van der Waals surface area (Å²) in [7, 11) is 1.62. The lowest BCUT2D eigenvalue weighted by atomic mass is 10.1. The van der Waals surface area contributed by atoms with E-state index in [1.54, 1.807) is 14.0 Å². The number of esters is 1. The fraction of sp³-hybridized carbons (Fsp3) is 0.409. The third-order valence-electron chi connectivity index (χ3n) is 4.43. The Bertz CT molecular complexity index is 728. The summed E-state index contributed by atoms with van der Waals surface area (Å²) < 4.78 is 16.3. The zero-order valence-electron chi connectivity index (χ0n) is 16.6. The van der Waals surface area contributed by atoms with Crippen LogP contribution in [0.1, 0.15) is 31.9 Å². The van der Waals surface area contributed by atoms with Gasteiger partial charge in [-0.05, 0) is 44.5 Å². The van der Waals surface area contributed by atoms with Gasteiger partial charge in [-0.2, -0.15) is 0 Å². The molecule has 2 aromatic rings. The van der Waals surface area contributed by atoms with Gasteiger partial charge in [-0.15, -0.1) is 0 Å². The van der Waals surface area contributed by atoms with Crippen LogP contribution in [-0.2, 0) is 27.5 Å². The van der Waals surface area contributed by atoms with Crippen LogP contribution < -0.4 is 9.64 Å². The summed E-state index contributed by atoms with van der Waals surface area (Å²) in [6, 6.07) is 15.6. The Morgan fingerprint density at radius 1 is 1.04 bits per heavy atom.